The predicted molar refractivity (Wildman–Crippen MR) is 103 cm³/mol. The van der Waals surface area contributed by atoms with Crippen LogP contribution in [0.25, 0.3) is 11.0 Å². The van der Waals surface area contributed by atoms with Gasteiger partial charge in [-0.25, -0.2) is 14.5 Å². The lowest BCUT2D eigenvalue weighted by atomic mass is 10.2. The van der Waals surface area contributed by atoms with E-state index in [2.05, 4.69) is 27.3 Å². The fraction of sp³-hybridized carbons (Fsp3) is 0.474. The molecule has 1 aromatic carbocycles. The summed E-state index contributed by atoms with van der Waals surface area (Å²) in [5, 5.41) is 7.24. The van der Waals surface area contributed by atoms with Gasteiger partial charge >= 0.3 is 5.69 Å². The van der Waals surface area contributed by atoms with Crippen LogP contribution in [0.1, 0.15) is 51.3 Å². The predicted octanol–water partition coefficient (Wildman–Crippen LogP) is 2.16. The molecule has 0 bridgehead atoms. The Morgan fingerprint density at radius 2 is 2.07 bits per heavy atom. The first-order valence-electron chi connectivity index (χ1n) is 9.44. The van der Waals surface area contributed by atoms with E-state index in [-0.39, 0.29) is 24.2 Å². The molecule has 0 saturated carbocycles. The topological polar surface area (TPSA) is 97.6 Å². The number of imidazole rings is 1. The lowest BCUT2D eigenvalue weighted by molar-refractivity contribution is -0.122. The van der Waals surface area contributed by atoms with Gasteiger partial charge in [-0.3, -0.25) is 9.36 Å². The molecule has 8 heteroatoms. The average molecular weight is 370 g/mol. The highest BCUT2D eigenvalue weighted by molar-refractivity contribution is 5.77. The van der Waals surface area contributed by atoms with Crippen LogP contribution in [0.3, 0.4) is 0 Å². The van der Waals surface area contributed by atoms with Crippen LogP contribution in [0, 0.1) is 0 Å². The Labute approximate surface area is 157 Å². The number of hydrogen-bond donors (Lipinski definition) is 2. The van der Waals surface area contributed by atoms with Crippen molar-refractivity contribution >= 4 is 16.9 Å². The highest BCUT2D eigenvalue weighted by Gasteiger charge is 2.17. The summed E-state index contributed by atoms with van der Waals surface area (Å²) in [5.74, 6) is 1.15. The number of carbonyl (C=O) groups excluding carboxylic acids is 1. The number of rotatable bonds is 8. The molecule has 0 aliphatic heterocycles. The van der Waals surface area contributed by atoms with Crippen molar-refractivity contribution in [1.29, 1.82) is 0 Å². The molecule has 3 rings (SSSR count). The smallest absolute Gasteiger partial charge is 0.345 e. The molecule has 0 radical (unpaired) electrons. The highest BCUT2D eigenvalue weighted by Crippen LogP contribution is 2.15. The summed E-state index contributed by atoms with van der Waals surface area (Å²) in [4.78, 5) is 32.6. The van der Waals surface area contributed by atoms with Gasteiger partial charge in [-0.15, -0.1) is 0 Å². The Bertz CT molecular complexity index is 951. The number of aromatic nitrogens is 5. The quantitative estimate of drug-likeness (QED) is 0.635. The Balaban J connectivity index is 1.69. The van der Waals surface area contributed by atoms with E-state index in [4.69, 9.17) is 0 Å². The monoisotopic (exact) mass is 370 g/mol. The molecular formula is C19H26N6O2. The first-order chi connectivity index (χ1) is 13.0. The maximum Gasteiger partial charge on any atom is 0.346 e. The minimum absolute atomic E-state index is 0.102. The van der Waals surface area contributed by atoms with E-state index in [9.17, 15) is 9.59 Å². The zero-order valence-electron chi connectivity index (χ0n) is 16.0. The van der Waals surface area contributed by atoms with E-state index in [0.717, 1.165) is 36.1 Å². The molecule has 0 unspecified atom stereocenters. The second-order valence-corrected chi connectivity index (χ2v) is 6.63. The Hall–Kier alpha value is -2.90. The Morgan fingerprint density at radius 1 is 1.30 bits per heavy atom. The second kappa shape index (κ2) is 8.20. The Kier molecular flexibility index (Phi) is 5.73. The first-order valence-corrected chi connectivity index (χ1v) is 9.44. The van der Waals surface area contributed by atoms with Gasteiger partial charge in [-0.05, 0) is 32.4 Å². The summed E-state index contributed by atoms with van der Waals surface area (Å²) >= 11 is 0. The first kappa shape index (κ1) is 18.9. The third kappa shape index (κ3) is 4.10. The number of aromatic amines is 1. The number of H-pyrrole nitrogens is 1. The van der Waals surface area contributed by atoms with Crippen LogP contribution >= 0.6 is 0 Å². The van der Waals surface area contributed by atoms with Crippen LogP contribution < -0.4 is 11.0 Å². The highest BCUT2D eigenvalue weighted by atomic mass is 16.2. The van der Waals surface area contributed by atoms with Gasteiger partial charge in [0.1, 0.15) is 18.2 Å². The van der Waals surface area contributed by atoms with Crippen LogP contribution in [0.5, 0.6) is 0 Å². The molecule has 0 aliphatic rings. The van der Waals surface area contributed by atoms with E-state index >= 15 is 0 Å². The molecule has 2 aromatic heterocycles. The van der Waals surface area contributed by atoms with Crippen molar-refractivity contribution < 1.29 is 4.79 Å². The molecule has 2 N–H and O–H groups in total. The SMILES string of the molecule is CCCCc1nn(CC(=O)N[C@H](C)c2nc3ccccc3[nH]2)c(=O)n1CC. The fourth-order valence-electron chi connectivity index (χ4n) is 3.10. The van der Waals surface area contributed by atoms with E-state index in [1.807, 2.05) is 38.1 Å². The minimum atomic E-state index is -0.298. The number of para-hydroxylation sites is 2. The molecule has 144 valence electrons. The van der Waals surface area contributed by atoms with Gasteiger partial charge in [0.05, 0.1) is 17.1 Å². The third-order valence-electron chi connectivity index (χ3n) is 4.56. The summed E-state index contributed by atoms with van der Waals surface area (Å²) in [6, 6.07) is 7.41. The molecular weight excluding hydrogens is 344 g/mol. The van der Waals surface area contributed by atoms with E-state index < -0.39 is 0 Å². The van der Waals surface area contributed by atoms with Crippen LogP contribution in [0.4, 0.5) is 0 Å². The van der Waals surface area contributed by atoms with Gasteiger partial charge < -0.3 is 10.3 Å². The number of benzene rings is 1. The van der Waals surface area contributed by atoms with Crippen molar-refractivity contribution in [3.8, 4) is 0 Å². The molecule has 1 atom stereocenters. The van der Waals surface area contributed by atoms with Crippen molar-refractivity contribution in [3.63, 3.8) is 0 Å². The number of carbonyl (C=O) groups is 1. The number of aryl methyl sites for hydroxylation is 1. The minimum Gasteiger partial charge on any atom is -0.345 e. The van der Waals surface area contributed by atoms with Gasteiger partial charge in [-0.1, -0.05) is 25.5 Å². The molecule has 8 nitrogen and oxygen atoms in total. The molecule has 0 saturated heterocycles. The van der Waals surface area contributed by atoms with Gasteiger partial charge in [-0.2, -0.15) is 5.10 Å². The standard InChI is InChI=1S/C19H26N6O2/c1-4-6-11-16-23-25(19(27)24(16)5-2)12-17(26)20-13(3)18-21-14-9-7-8-10-15(14)22-18/h7-10,13H,4-6,11-12H2,1-3H3,(H,20,26)(H,21,22)/t13-/m1/s1. The summed E-state index contributed by atoms with van der Waals surface area (Å²) < 4.78 is 2.88. The summed E-state index contributed by atoms with van der Waals surface area (Å²) in [6.07, 6.45) is 2.73. The molecule has 0 aliphatic carbocycles. The molecule has 27 heavy (non-hydrogen) atoms. The van der Waals surface area contributed by atoms with Crippen molar-refractivity contribution in [2.24, 2.45) is 0 Å². The van der Waals surface area contributed by atoms with Crippen LogP contribution in [0.15, 0.2) is 29.1 Å². The molecule has 1 amide bonds. The van der Waals surface area contributed by atoms with E-state index in [0.29, 0.717) is 12.4 Å². The van der Waals surface area contributed by atoms with Crippen LogP contribution in [-0.4, -0.2) is 30.2 Å². The Morgan fingerprint density at radius 3 is 2.78 bits per heavy atom. The summed E-state index contributed by atoms with van der Waals surface area (Å²) in [7, 11) is 0. The third-order valence-corrected chi connectivity index (χ3v) is 4.56. The summed E-state index contributed by atoms with van der Waals surface area (Å²) in [5.41, 5.74) is 1.54. The van der Waals surface area contributed by atoms with Crippen molar-refractivity contribution in [2.45, 2.75) is 59.2 Å². The van der Waals surface area contributed by atoms with E-state index in [1.165, 1.54) is 4.68 Å². The van der Waals surface area contributed by atoms with Crippen LogP contribution in [0.2, 0.25) is 0 Å². The number of unbranched alkanes of at least 4 members (excludes halogenated alkanes) is 1. The second-order valence-electron chi connectivity index (χ2n) is 6.63. The van der Waals surface area contributed by atoms with Gasteiger partial charge in [0.15, 0.2) is 0 Å². The molecule has 3 aromatic rings. The zero-order valence-corrected chi connectivity index (χ0v) is 16.0. The normalized spacial score (nSPS) is 12.4. The van der Waals surface area contributed by atoms with Gasteiger partial charge in [0.25, 0.3) is 0 Å². The average Bonchev–Trinajstić information content (AvgIpc) is 3.21. The number of fused-ring (bicyclic) bond motifs is 1. The molecule has 0 fully saturated rings. The van der Waals surface area contributed by atoms with Crippen LogP contribution in [-0.2, 0) is 24.3 Å². The lowest BCUT2D eigenvalue weighted by Crippen LogP contribution is -2.35. The molecule has 2 heterocycles. The number of hydrogen-bond acceptors (Lipinski definition) is 4. The summed E-state index contributed by atoms with van der Waals surface area (Å²) in [6.45, 7) is 6.31. The van der Waals surface area contributed by atoms with Crippen molar-refractivity contribution in [1.82, 2.24) is 29.6 Å². The van der Waals surface area contributed by atoms with Crippen molar-refractivity contribution in [2.75, 3.05) is 0 Å². The lowest BCUT2D eigenvalue weighted by Gasteiger charge is -2.11. The fourth-order valence-corrected chi connectivity index (χ4v) is 3.10. The molecule has 0 spiro atoms. The maximum absolute atomic E-state index is 12.5. The van der Waals surface area contributed by atoms with Gasteiger partial charge in [0.2, 0.25) is 5.91 Å². The van der Waals surface area contributed by atoms with Crippen molar-refractivity contribution in [3.05, 3.63) is 46.4 Å². The number of nitrogens with one attached hydrogen (secondary N) is 2. The number of amides is 1. The largest absolute Gasteiger partial charge is 0.346 e. The number of nitrogens with zero attached hydrogens (tertiary/aromatic N) is 4. The maximum atomic E-state index is 12.5. The van der Waals surface area contributed by atoms with E-state index in [1.54, 1.807) is 4.57 Å². The van der Waals surface area contributed by atoms with Gasteiger partial charge in [0, 0.05) is 13.0 Å². The zero-order chi connectivity index (χ0) is 19.4.